The highest BCUT2D eigenvalue weighted by molar-refractivity contribution is 5.80. The van der Waals surface area contributed by atoms with Crippen LogP contribution in [0.5, 0.6) is 0 Å². The van der Waals surface area contributed by atoms with E-state index in [9.17, 15) is 9.18 Å². The van der Waals surface area contributed by atoms with Crippen molar-refractivity contribution in [2.75, 3.05) is 18.4 Å². The molecular weight excluding hydrogens is 417 g/mol. The molecule has 0 aliphatic carbocycles. The van der Waals surface area contributed by atoms with Crippen LogP contribution in [0.2, 0.25) is 0 Å². The van der Waals surface area contributed by atoms with E-state index in [-0.39, 0.29) is 17.3 Å². The number of nitrogens with zero attached hydrogens (tertiary/aromatic N) is 3. The number of hydrogen-bond acceptors (Lipinski definition) is 5. The zero-order valence-corrected chi connectivity index (χ0v) is 18.4. The van der Waals surface area contributed by atoms with Crippen molar-refractivity contribution >= 4 is 5.95 Å². The third-order valence-corrected chi connectivity index (χ3v) is 5.63. The topological polar surface area (TPSA) is 85.8 Å². The van der Waals surface area contributed by atoms with Crippen LogP contribution in [-0.2, 0) is 13.5 Å². The van der Waals surface area contributed by atoms with Crippen molar-refractivity contribution in [3.63, 3.8) is 0 Å². The van der Waals surface area contributed by atoms with Crippen molar-refractivity contribution in [1.82, 2.24) is 14.5 Å². The van der Waals surface area contributed by atoms with Crippen molar-refractivity contribution < 1.29 is 4.39 Å². The van der Waals surface area contributed by atoms with E-state index in [1.165, 1.54) is 22.3 Å². The average Bonchev–Trinajstić information content (AvgIpc) is 2.86. The van der Waals surface area contributed by atoms with Gasteiger partial charge in [0.1, 0.15) is 5.82 Å². The predicted octanol–water partition coefficient (Wildman–Crippen LogP) is 3.88. The van der Waals surface area contributed by atoms with Crippen molar-refractivity contribution in [3.05, 3.63) is 101 Å². The summed E-state index contributed by atoms with van der Waals surface area (Å²) in [4.78, 5) is 22.3. The van der Waals surface area contributed by atoms with Gasteiger partial charge in [-0.1, -0.05) is 42.5 Å². The van der Waals surface area contributed by atoms with Crippen molar-refractivity contribution in [2.24, 2.45) is 18.7 Å². The molecule has 0 saturated heterocycles. The SMILES string of the molecule is Cn1c(NCC(CN)Cc2ccccc2)nc(-c2ccncc2)c(-c2ccc(F)cc2)c1=O. The van der Waals surface area contributed by atoms with Crippen LogP contribution in [0.1, 0.15) is 5.56 Å². The minimum absolute atomic E-state index is 0.172. The second-order valence-electron chi connectivity index (χ2n) is 7.94. The fraction of sp³-hybridized carbons (Fsp3) is 0.192. The Balaban J connectivity index is 1.70. The van der Waals surface area contributed by atoms with Crippen LogP contribution in [0, 0.1) is 11.7 Å². The molecule has 0 saturated carbocycles. The van der Waals surface area contributed by atoms with E-state index in [0.717, 1.165) is 12.0 Å². The summed E-state index contributed by atoms with van der Waals surface area (Å²) in [6.07, 6.45) is 4.13. The van der Waals surface area contributed by atoms with Crippen LogP contribution in [-0.4, -0.2) is 27.6 Å². The molecule has 0 fully saturated rings. The molecule has 3 N–H and O–H groups in total. The van der Waals surface area contributed by atoms with Gasteiger partial charge in [-0.05, 0) is 54.3 Å². The number of nitrogens with two attached hydrogens (primary N) is 1. The van der Waals surface area contributed by atoms with Crippen LogP contribution in [0.25, 0.3) is 22.4 Å². The first-order valence-corrected chi connectivity index (χ1v) is 10.8. The van der Waals surface area contributed by atoms with Gasteiger partial charge in [0.05, 0.1) is 11.3 Å². The molecule has 4 aromatic rings. The Hall–Kier alpha value is -3.84. The summed E-state index contributed by atoms with van der Waals surface area (Å²) in [5.74, 6) is 0.258. The maximum Gasteiger partial charge on any atom is 0.263 e. The van der Waals surface area contributed by atoms with Crippen molar-refractivity contribution in [3.8, 4) is 22.4 Å². The van der Waals surface area contributed by atoms with Gasteiger partial charge in [0, 0.05) is 31.5 Å². The van der Waals surface area contributed by atoms with Crippen LogP contribution < -0.4 is 16.6 Å². The average molecular weight is 444 g/mol. The molecule has 2 aromatic heterocycles. The zero-order chi connectivity index (χ0) is 23.2. The number of nitrogens with one attached hydrogen (secondary N) is 1. The van der Waals surface area contributed by atoms with Gasteiger partial charge in [0.25, 0.3) is 5.56 Å². The summed E-state index contributed by atoms with van der Waals surface area (Å²) in [7, 11) is 1.68. The fourth-order valence-corrected chi connectivity index (χ4v) is 3.78. The third kappa shape index (κ3) is 5.15. The number of halogens is 1. The van der Waals surface area contributed by atoms with E-state index < -0.39 is 0 Å². The van der Waals surface area contributed by atoms with Crippen molar-refractivity contribution in [2.45, 2.75) is 6.42 Å². The van der Waals surface area contributed by atoms with E-state index in [0.29, 0.717) is 35.9 Å². The predicted molar refractivity (Wildman–Crippen MR) is 129 cm³/mol. The first kappa shape index (κ1) is 22.4. The van der Waals surface area contributed by atoms with Gasteiger partial charge >= 0.3 is 0 Å². The highest BCUT2D eigenvalue weighted by atomic mass is 19.1. The third-order valence-electron chi connectivity index (χ3n) is 5.63. The van der Waals surface area contributed by atoms with E-state index in [1.807, 2.05) is 18.2 Å². The number of rotatable bonds is 8. The standard InChI is InChI=1S/C26H26FN5O/c1-32-25(33)23(20-7-9-22(27)10-8-20)24(21-11-13-29-14-12-21)31-26(32)30-17-19(16-28)15-18-5-3-2-4-6-18/h2-14,19H,15-17,28H2,1H3,(H,30,31). The molecule has 0 spiro atoms. The summed E-state index contributed by atoms with van der Waals surface area (Å²) in [5.41, 5.74) is 9.29. The smallest absolute Gasteiger partial charge is 0.263 e. The molecule has 0 aliphatic heterocycles. The lowest BCUT2D eigenvalue weighted by molar-refractivity contribution is 0.560. The van der Waals surface area contributed by atoms with Gasteiger partial charge in [0.2, 0.25) is 5.95 Å². The summed E-state index contributed by atoms with van der Waals surface area (Å²) in [5, 5.41) is 3.32. The number of aromatic nitrogens is 3. The van der Waals surface area contributed by atoms with Gasteiger partial charge in [-0.15, -0.1) is 0 Å². The van der Waals surface area contributed by atoms with Gasteiger partial charge in [0.15, 0.2) is 0 Å². The number of hydrogen-bond donors (Lipinski definition) is 2. The minimum atomic E-state index is -0.362. The molecule has 0 amide bonds. The van der Waals surface area contributed by atoms with Gasteiger partial charge in [-0.2, -0.15) is 0 Å². The van der Waals surface area contributed by atoms with Crippen LogP contribution in [0.4, 0.5) is 10.3 Å². The van der Waals surface area contributed by atoms with Gasteiger partial charge in [-0.3, -0.25) is 14.3 Å². The molecule has 2 aromatic carbocycles. The molecule has 0 aliphatic rings. The Labute approximate surface area is 192 Å². The van der Waals surface area contributed by atoms with Crippen LogP contribution in [0.3, 0.4) is 0 Å². The van der Waals surface area contributed by atoms with Crippen LogP contribution >= 0.6 is 0 Å². The summed E-state index contributed by atoms with van der Waals surface area (Å²) >= 11 is 0. The maximum atomic E-state index is 13.5. The second kappa shape index (κ2) is 10.2. The molecule has 168 valence electrons. The molecule has 4 rings (SSSR count). The molecule has 7 heteroatoms. The lowest BCUT2D eigenvalue weighted by Gasteiger charge is -2.19. The minimum Gasteiger partial charge on any atom is -0.355 e. The Morgan fingerprint density at radius 1 is 1.00 bits per heavy atom. The molecule has 1 atom stereocenters. The molecule has 1 unspecified atom stereocenters. The second-order valence-corrected chi connectivity index (χ2v) is 7.94. The van der Waals surface area contributed by atoms with E-state index in [1.54, 1.807) is 43.7 Å². The van der Waals surface area contributed by atoms with Crippen molar-refractivity contribution in [1.29, 1.82) is 0 Å². The van der Waals surface area contributed by atoms with E-state index in [4.69, 9.17) is 10.7 Å². The number of anilines is 1. The summed E-state index contributed by atoms with van der Waals surface area (Å²) < 4.78 is 15.0. The Morgan fingerprint density at radius 3 is 2.36 bits per heavy atom. The Kier molecular flexibility index (Phi) is 6.90. The summed E-state index contributed by atoms with van der Waals surface area (Å²) in [6.45, 7) is 1.07. The zero-order valence-electron chi connectivity index (χ0n) is 18.4. The van der Waals surface area contributed by atoms with E-state index in [2.05, 4.69) is 22.4 Å². The molecule has 6 nitrogen and oxygen atoms in total. The largest absolute Gasteiger partial charge is 0.355 e. The number of pyridine rings is 1. The first-order chi connectivity index (χ1) is 16.1. The monoisotopic (exact) mass is 443 g/mol. The first-order valence-electron chi connectivity index (χ1n) is 10.8. The lowest BCUT2D eigenvalue weighted by atomic mass is 9.99. The Morgan fingerprint density at radius 2 is 1.70 bits per heavy atom. The molecule has 0 radical (unpaired) electrons. The maximum absolute atomic E-state index is 13.5. The molecule has 33 heavy (non-hydrogen) atoms. The van der Waals surface area contributed by atoms with E-state index >= 15 is 0 Å². The summed E-state index contributed by atoms with van der Waals surface area (Å²) in [6, 6.07) is 19.6. The quantitative estimate of drug-likeness (QED) is 0.432. The molecular formula is C26H26FN5O. The molecule has 2 heterocycles. The Bertz CT molecular complexity index is 1260. The lowest BCUT2D eigenvalue weighted by Crippen LogP contribution is -2.29. The highest BCUT2D eigenvalue weighted by Crippen LogP contribution is 2.28. The van der Waals surface area contributed by atoms with Gasteiger partial charge < -0.3 is 11.1 Å². The number of benzene rings is 2. The van der Waals surface area contributed by atoms with Crippen LogP contribution in [0.15, 0.2) is 83.9 Å². The highest BCUT2D eigenvalue weighted by Gasteiger charge is 2.19. The normalized spacial score (nSPS) is 11.8. The van der Waals surface area contributed by atoms with Gasteiger partial charge in [-0.25, -0.2) is 9.37 Å². The fourth-order valence-electron chi connectivity index (χ4n) is 3.78. The molecule has 0 bridgehead atoms.